The minimum Gasteiger partial charge on any atom is -0.496 e. The summed E-state index contributed by atoms with van der Waals surface area (Å²) in [6, 6.07) is 50.7. The van der Waals surface area contributed by atoms with Gasteiger partial charge < -0.3 is 27.8 Å². The van der Waals surface area contributed by atoms with Crippen molar-refractivity contribution in [3.05, 3.63) is 190 Å². The lowest BCUT2D eigenvalue weighted by Crippen LogP contribution is -2.26. The Balaban J connectivity index is 1.27. The van der Waals surface area contributed by atoms with Crippen molar-refractivity contribution in [2.45, 2.75) is 99.3 Å². The van der Waals surface area contributed by atoms with Crippen LogP contribution in [-0.2, 0) is 5.41 Å². The van der Waals surface area contributed by atoms with E-state index in [0.717, 1.165) is 94.4 Å². The van der Waals surface area contributed by atoms with Gasteiger partial charge >= 0.3 is 8.60 Å². The molecule has 0 aliphatic heterocycles. The standard InChI is InChI=1S/C61H65O6P/c1-38(2)47-27-21-41(6)34-56(47)64-37-63-53-31-25-45-17-13-15-19-50(45)59(53)60-51-20-16-14-18-46(51)26-32-54(60)65-68(66-57-35-42(7)22-28-48(57)39(3)4)67-58-36-43(8)24-30-52(58)61(10,11)44(9)49-29-23-40(5)33-55(49)62-12/h13-36,38-39,44H,37H2,1-12H3. The van der Waals surface area contributed by atoms with Gasteiger partial charge in [0.1, 0.15) is 34.5 Å². The normalized spacial score (nSPS) is 12.6. The molecule has 0 spiro atoms. The van der Waals surface area contributed by atoms with Gasteiger partial charge in [-0.15, -0.1) is 0 Å². The van der Waals surface area contributed by atoms with Crippen molar-refractivity contribution in [2.24, 2.45) is 0 Å². The van der Waals surface area contributed by atoms with Crippen LogP contribution in [0.1, 0.15) is 111 Å². The zero-order chi connectivity index (χ0) is 48.3. The van der Waals surface area contributed by atoms with Crippen LogP contribution in [0.5, 0.6) is 34.5 Å². The molecule has 0 radical (unpaired) electrons. The smallest absolute Gasteiger partial charge is 0.496 e. The van der Waals surface area contributed by atoms with Gasteiger partial charge in [0.15, 0.2) is 0 Å². The Kier molecular flexibility index (Phi) is 14.4. The Labute approximate surface area is 405 Å². The molecule has 0 N–H and O–H groups in total. The first-order chi connectivity index (χ1) is 32.6. The highest BCUT2D eigenvalue weighted by Gasteiger charge is 2.36. The minimum absolute atomic E-state index is 0.0124. The highest BCUT2D eigenvalue weighted by molar-refractivity contribution is 7.43. The molecule has 350 valence electrons. The number of hydrogen-bond acceptors (Lipinski definition) is 6. The quantitative estimate of drug-likeness (QED) is 0.0670. The van der Waals surface area contributed by atoms with E-state index in [0.29, 0.717) is 17.2 Å². The highest BCUT2D eigenvalue weighted by atomic mass is 31.2. The predicted molar refractivity (Wildman–Crippen MR) is 283 cm³/mol. The maximum atomic E-state index is 7.34. The molecule has 2 atom stereocenters. The van der Waals surface area contributed by atoms with Crippen molar-refractivity contribution in [3.8, 4) is 45.6 Å². The summed E-state index contributed by atoms with van der Waals surface area (Å²) in [5.41, 5.74) is 10.1. The molecule has 0 aliphatic rings. The molecular weight excluding hydrogens is 860 g/mol. The van der Waals surface area contributed by atoms with Crippen LogP contribution < -0.4 is 27.8 Å². The number of benzene rings is 8. The van der Waals surface area contributed by atoms with Gasteiger partial charge in [0, 0.05) is 22.1 Å². The van der Waals surface area contributed by atoms with Crippen LogP contribution >= 0.6 is 8.60 Å². The highest BCUT2D eigenvalue weighted by Crippen LogP contribution is 2.53. The largest absolute Gasteiger partial charge is 0.530 e. The number of rotatable bonds is 17. The van der Waals surface area contributed by atoms with Gasteiger partial charge in [-0.05, 0) is 142 Å². The zero-order valence-electron chi connectivity index (χ0n) is 41.7. The van der Waals surface area contributed by atoms with Gasteiger partial charge in [-0.3, -0.25) is 0 Å². The number of hydrogen-bond donors (Lipinski definition) is 0. The molecule has 0 fully saturated rings. The number of ether oxygens (including phenoxy) is 3. The molecular formula is C61H65O6P. The summed E-state index contributed by atoms with van der Waals surface area (Å²) in [5.74, 6) is 4.90. The molecule has 2 unspecified atom stereocenters. The molecule has 0 bridgehead atoms. The lowest BCUT2D eigenvalue weighted by atomic mass is 9.70. The van der Waals surface area contributed by atoms with E-state index in [2.05, 4.69) is 210 Å². The molecule has 8 aromatic carbocycles. The van der Waals surface area contributed by atoms with E-state index >= 15 is 0 Å². The van der Waals surface area contributed by atoms with Crippen LogP contribution in [0.15, 0.2) is 146 Å². The van der Waals surface area contributed by atoms with Crippen molar-refractivity contribution in [2.75, 3.05) is 13.9 Å². The van der Waals surface area contributed by atoms with Crippen LogP contribution in [0.3, 0.4) is 0 Å². The van der Waals surface area contributed by atoms with Gasteiger partial charge in [0.2, 0.25) is 6.79 Å². The molecule has 0 aliphatic carbocycles. The summed E-state index contributed by atoms with van der Waals surface area (Å²) in [6.45, 7) is 23.9. The summed E-state index contributed by atoms with van der Waals surface area (Å²) in [5, 5.41) is 4.14. The Bertz CT molecular complexity index is 3080. The molecule has 0 saturated heterocycles. The Hall–Kier alpha value is -6.49. The third-order valence-corrected chi connectivity index (χ3v) is 14.4. The van der Waals surface area contributed by atoms with E-state index in [4.69, 9.17) is 27.8 Å². The van der Waals surface area contributed by atoms with Crippen molar-refractivity contribution in [1.29, 1.82) is 0 Å². The SMILES string of the molecule is COc1cc(C)ccc1C(C)C(C)(C)c1ccc(C)cc1OP(Oc1cc(C)ccc1C(C)C)Oc1ccc2ccccc2c1-c1c(OCOc2cc(C)ccc2C(C)C)ccc2ccccc12. The minimum atomic E-state index is -2.17. The van der Waals surface area contributed by atoms with E-state index in [1.807, 2.05) is 12.1 Å². The van der Waals surface area contributed by atoms with Gasteiger partial charge in [-0.1, -0.05) is 158 Å². The van der Waals surface area contributed by atoms with Crippen molar-refractivity contribution in [1.82, 2.24) is 0 Å². The average Bonchev–Trinajstić information content (AvgIpc) is 3.31. The van der Waals surface area contributed by atoms with Crippen LogP contribution in [0.4, 0.5) is 0 Å². The second-order valence-corrected chi connectivity index (χ2v) is 20.3. The number of fused-ring (bicyclic) bond motifs is 2. The Morgan fingerprint density at radius 2 is 0.882 bits per heavy atom. The maximum absolute atomic E-state index is 7.34. The molecule has 0 heterocycles. The van der Waals surface area contributed by atoms with Gasteiger partial charge in [-0.25, -0.2) is 0 Å². The second-order valence-electron chi connectivity index (χ2n) is 19.3. The summed E-state index contributed by atoms with van der Waals surface area (Å²) < 4.78 is 40.9. The van der Waals surface area contributed by atoms with E-state index < -0.39 is 14.0 Å². The van der Waals surface area contributed by atoms with E-state index in [-0.39, 0.29) is 24.5 Å². The average molecular weight is 925 g/mol. The zero-order valence-corrected chi connectivity index (χ0v) is 42.6. The van der Waals surface area contributed by atoms with Gasteiger partial charge in [0.05, 0.1) is 7.11 Å². The molecule has 0 aromatic heterocycles. The lowest BCUT2D eigenvalue weighted by Gasteiger charge is -2.35. The molecule has 8 aromatic rings. The second kappa shape index (κ2) is 20.4. The number of methoxy groups -OCH3 is 1. The first kappa shape index (κ1) is 48.0. The van der Waals surface area contributed by atoms with Crippen molar-refractivity contribution in [3.63, 3.8) is 0 Å². The molecule has 8 rings (SSSR count). The van der Waals surface area contributed by atoms with Crippen LogP contribution in [-0.4, -0.2) is 13.9 Å². The Morgan fingerprint density at radius 1 is 0.441 bits per heavy atom. The molecule has 6 nitrogen and oxygen atoms in total. The van der Waals surface area contributed by atoms with Gasteiger partial charge in [-0.2, -0.15) is 0 Å². The van der Waals surface area contributed by atoms with Crippen molar-refractivity contribution >= 4 is 30.1 Å². The maximum Gasteiger partial charge on any atom is 0.530 e. The molecule has 0 saturated carbocycles. The first-order valence-corrected chi connectivity index (χ1v) is 24.8. The topological polar surface area (TPSA) is 55.4 Å². The summed E-state index contributed by atoms with van der Waals surface area (Å²) in [7, 11) is -0.422. The van der Waals surface area contributed by atoms with Crippen molar-refractivity contribution < 1.29 is 27.8 Å². The van der Waals surface area contributed by atoms with Gasteiger partial charge in [0.25, 0.3) is 0 Å². The number of aryl methyl sites for hydroxylation is 4. The lowest BCUT2D eigenvalue weighted by molar-refractivity contribution is 0.119. The monoisotopic (exact) mass is 924 g/mol. The molecule has 7 heteroatoms. The Morgan fingerprint density at radius 3 is 1.47 bits per heavy atom. The van der Waals surface area contributed by atoms with Crippen LogP contribution in [0.25, 0.3) is 32.7 Å². The third kappa shape index (κ3) is 10.2. The molecule has 68 heavy (non-hydrogen) atoms. The molecule has 0 amide bonds. The van der Waals surface area contributed by atoms with E-state index in [1.54, 1.807) is 7.11 Å². The predicted octanol–water partition coefficient (Wildman–Crippen LogP) is 17.4. The summed E-state index contributed by atoms with van der Waals surface area (Å²) in [6.07, 6.45) is 0. The van der Waals surface area contributed by atoms with Crippen LogP contribution in [0, 0.1) is 27.7 Å². The van der Waals surface area contributed by atoms with Crippen LogP contribution in [0.2, 0.25) is 0 Å². The fraction of sp³-hybridized carbons (Fsp3) is 0.279. The summed E-state index contributed by atoms with van der Waals surface area (Å²) in [4.78, 5) is 0. The summed E-state index contributed by atoms with van der Waals surface area (Å²) >= 11 is 0. The van der Waals surface area contributed by atoms with E-state index in [1.165, 1.54) is 0 Å². The fourth-order valence-electron chi connectivity index (χ4n) is 9.15. The third-order valence-electron chi connectivity index (χ3n) is 13.3. The fourth-order valence-corrected chi connectivity index (χ4v) is 10.2. The van der Waals surface area contributed by atoms with E-state index in [9.17, 15) is 0 Å². The first-order valence-electron chi connectivity index (χ1n) is 23.7.